The van der Waals surface area contributed by atoms with Gasteiger partial charge in [-0.1, -0.05) is 23.4 Å². The van der Waals surface area contributed by atoms with Gasteiger partial charge in [0.15, 0.2) is 0 Å². The maximum absolute atomic E-state index is 12.4. The molecule has 0 aromatic carbocycles. The van der Waals surface area contributed by atoms with Crippen LogP contribution in [0.2, 0.25) is 4.34 Å². The molecule has 10 heteroatoms. The van der Waals surface area contributed by atoms with E-state index in [2.05, 4.69) is 10.2 Å². The molecule has 2 N–H and O–H groups in total. The summed E-state index contributed by atoms with van der Waals surface area (Å²) < 4.78 is 38.3. The molecule has 0 spiro atoms. The first kappa shape index (κ1) is 13.5. The number of hydrogen-bond donors (Lipinski definition) is 1. The molecular formula is C8H6ClF3N4S2. The van der Waals surface area contributed by atoms with Gasteiger partial charge in [0.25, 0.3) is 5.82 Å². The van der Waals surface area contributed by atoms with Gasteiger partial charge in [0.2, 0.25) is 5.16 Å². The van der Waals surface area contributed by atoms with Crippen LogP contribution >= 0.6 is 34.7 Å². The van der Waals surface area contributed by atoms with Gasteiger partial charge in [0, 0.05) is 10.6 Å². The number of hydrogen-bond acceptors (Lipinski definition) is 5. The summed E-state index contributed by atoms with van der Waals surface area (Å²) in [5.41, 5.74) is 0. The SMILES string of the molecule is Nn1c(SCc2ccc(Cl)s2)nnc1C(F)(F)F. The number of aromatic nitrogens is 3. The van der Waals surface area contributed by atoms with E-state index < -0.39 is 12.0 Å². The van der Waals surface area contributed by atoms with Crippen molar-refractivity contribution in [1.82, 2.24) is 14.9 Å². The second kappa shape index (κ2) is 4.98. The minimum absolute atomic E-state index is 0.00634. The average Bonchev–Trinajstić information content (AvgIpc) is 2.81. The zero-order valence-corrected chi connectivity index (χ0v) is 11.0. The van der Waals surface area contributed by atoms with Crippen molar-refractivity contribution in [2.24, 2.45) is 0 Å². The van der Waals surface area contributed by atoms with E-state index in [0.717, 1.165) is 16.6 Å². The Labute approximate surface area is 113 Å². The van der Waals surface area contributed by atoms with Gasteiger partial charge in [0.1, 0.15) is 0 Å². The van der Waals surface area contributed by atoms with Crippen molar-refractivity contribution in [1.29, 1.82) is 0 Å². The van der Waals surface area contributed by atoms with Crippen LogP contribution < -0.4 is 5.84 Å². The molecule has 18 heavy (non-hydrogen) atoms. The zero-order valence-electron chi connectivity index (χ0n) is 8.61. The van der Waals surface area contributed by atoms with Crippen LogP contribution in [0.3, 0.4) is 0 Å². The van der Waals surface area contributed by atoms with Crippen LogP contribution in [0.15, 0.2) is 17.3 Å². The fraction of sp³-hybridized carbons (Fsp3) is 0.250. The fourth-order valence-corrected chi connectivity index (χ4v) is 3.12. The number of rotatable bonds is 3. The first-order valence-electron chi connectivity index (χ1n) is 4.52. The summed E-state index contributed by atoms with van der Waals surface area (Å²) in [6.45, 7) is 0. The molecule has 0 fully saturated rings. The van der Waals surface area contributed by atoms with Gasteiger partial charge in [-0.2, -0.15) is 13.2 Å². The highest BCUT2D eigenvalue weighted by Crippen LogP contribution is 2.31. The van der Waals surface area contributed by atoms with E-state index in [4.69, 9.17) is 17.4 Å². The Bertz CT molecular complexity index is 551. The van der Waals surface area contributed by atoms with E-state index in [-0.39, 0.29) is 5.16 Å². The largest absolute Gasteiger partial charge is 0.453 e. The topological polar surface area (TPSA) is 56.7 Å². The Balaban J connectivity index is 2.09. The van der Waals surface area contributed by atoms with Gasteiger partial charge >= 0.3 is 6.18 Å². The molecule has 2 heterocycles. The maximum atomic E-state index is 12.4. The summed E-state index contributed by atoms with van der Waals surface area (Å²) in [4.78, 5) is 0.918. The molecule has 0 aliphatic carbocycles. The highest BCUT2D eigenvalue weighted by Gasteiger charge is 2.38. The van der Waals surface area contributed by atoms with Crippen LogP contribution in [-0.4, -0.2) is 14.9 Å². The summed E-state index contributed by atoms with van der Waals surface area (Å²) >= 11 is 8.16. The normalized spacial score (nSPS) is 12.0. The van der Waals surface area contributed by atoms with Crippen molar-refractivity contribution >= 4 is 34.7 Å². The van der Waals surface area contributed by atoms with Gasteiger partial charge < -0.3 is 5.84 Å². The van der Waals surface area contributed by atoms with Crippen LogP contribution in [0.4, 0.5) is 13.2 Å². The number of nitrogens with two attached hydrogens (primary N) is 1. The van der Waals surface area contributed by atoms with Crippen LogP contribution in [0.5, 0.6) is 0 Å². The van der Waals surface area contributed by atoms with E-state index >= 15 is 0 Å². The minimum Gasteiger partial charge on any atom is -0.335 e. The number of halogens is 4. The van der Waals surface area contributed by atoms with Crippen molar-refractivity contribution in [2.45, 2.75) is 17.1 Å². The van der Waals surface area contributed by atoms with Crippen LogP contribution in [0.1, 0.15) is 10.7 Å². The Morgan fingerprint density at radius 3 is 2.61 bits per heavy atom. The van der Waals surface area contributed by atoms with Crippen LogP contribution in [0.25, 0.3) is 0 Å². The summed E-state index contributed by atoms with van der Waals surface area (Å²) in [5, 5.41) is 6.44. The fourth-order valence-electron chi connectivity index (χ4n) is 1.13. The molecule has 2 rings (SSSR count). The van der Waals surface area contributed by atoms with Gasteiger partial charge in [0.05, 0.1) is 4.34 Å². The Hall–Kier alpha value is -0.930. The molecular weight excluding hydrogens is 309 g/mol. The standard InChI is InChI=1S/C8H6ClF3N4S2/c9-5-2-1-4(18-5)3-17-7-15-14-6(16(7)13)8(10,11)12/h1-2H,3,13H2. The first-order valence-corrected chi connectivity index (χ1v) is 6.70. The molecule has 0 bridgehead atoms. The summed E-state index contributed by atoms with van der Waals surface area (Å²) in [6.07, 6.45) is -4.60. The molecule has 0 saturated carbocycles. The summed E-state index contributed by atoms with van der Waals surface area (Å²) in [5.74, 6) is 4.51. The molecule has 0 aliphatic heterocycles. The van der Waals surface area contributed by atoms with Gasteiger partial charge in [-0.25, -0.2) is 4.68 Å². The lowest BCUT2D eigenvalue weighted by Crippen LogP contribution is -2.21. The predicted octanol–water partition coefficient (Wildman–Crippen LogP) is 3.02. The average molecular weight is 315 g/mol. The molecule has 2 aromatic heterocycles. The molecule has 98 valence electrons. The number of thiophene rings is 1. The Morgan fingerprint density at radius 2 is 2.11 bits per heavy atom. The lowest BCUT2D eigenvalue weighted by Gasteiger charge is -2.05. The lowest BCUT2D eigenvalue weighted by atomic mass is 10.5. The van der Waals surface area contributed by atoms with Gasteiger partial charge in [-0.15, -0.1) is 21.5 Å². The van der Waals surface area contributed by atoms with Gasteiger partial charge in [-0.05, 0) is 12.1 Å². The Morgan fingerprint density at radius 1 is 1.39 bits per heavy atom. The van der Waals surface area contributed by atoms with Crippen molar-refractivity contribution in [3.05, 3.63) is 27.2 Å². The van der Waals surface area contributed by atoms with E-state index in [0.29, 0.717) is 14.8 Å². The number of thioether (sulfide) groups is 1. The van der Waals surface area contributed by atoms with Crippen LogP contribution in [-0.2, 0) is 11.9 Å². The van der Waals surface area contributed by atoms with Crippen molar-refractivity contribution in [2.75, 3.05) is 5.84 Å². The van der Waals surface area contributed by atoms with Crippen molar-refractivity contribution in [3.63, 3.8) is 0 Å². The quantitative estimate of drug-likeness (QED) is 0.699. The van der Waals surface area contributed by atoms with E-state index in [1.165, 1.54) is 11.3 Å². The third-order valence-corrected chi connectivity index (χ3v) is 4.30. The summed E-state index contributed by atoms with van der Waals surface area (Å²) in [6, 6.07) is 3.51. The Kier molecular flexibility index (Phi) is 3.74. The molecule has 0 atom stereocenters. The second-order valence-electron chi connectivity index (χ2n) is 3.17. The minimum atomic E-state index is -4.60. The van der Waals surface area contributed by atoms with E-state index in [1.807, 2.05) is 0 Å². The van der Waals surface area contributed by atoms with E-state index in [9.17, 15) is 13.2 Å². The predicted molar refractivity (Wildman–Crippen MR) is 64.1 cm³/mol. The number of nitrogens with zero attached hydrogens (tertiary/aromatic N) is 3. The number of nitrogen functional groups attached to an aromatic ring is 1. The van der Waals surface area contributed by atoms with Gasteiger partial charge in [-0.3, -0.25) is 0 Å². The third-order valence-electron chi connectivity index (χ3n) is 1.89. The molecule has 0 amide bonds. The zero-order chi connectivity index (χ0) is 13.3. The third kappa shape index (κ3) is 2.90. The molecule has 0 unspecified atom stereocenters. The first-order chi connectivity index (χ1) is 8.38. The smallest absolute Gasteiger partial charge is 0.335 e. The summed E-state index contributed by atoms with van der Waals surface area (Å²) in [7, 11) is 0. The monoisotopic (exact) mass is 314 g/mol. The molecule has 0 radical (unpaired) electrons. The molecule has 0 saturated heterocycles. The highest BCUT2D eigenvalue weighted by atomic mass is 35.5. The maximum Gasteiger partial charge on any atom is 0.453 e. The lowest BCUT2D eigenvalue weighted by molar-refractivity contribution is -0.146. The number of alkyl halides is 3. The van der Waals surface area contributed by atoms with Crippen LogP contribution in [0, 0.1) is 0 Å². The molecule has 0 aliphatic rings. The molecule has 4 nitrogen and oxygen atoms in total. The highest BCUT2D eigenvalue weighted by molar-refractivity contribution is 7.98. The van der Waals surface area contributed by atoms with Crippen molar-refractivity contribution in [3.8, 4) is 0 Å². The second-order valence-corrected chi connectivity index (χ2v) is 5.91. The van der Waals surface area contributed by atoms with Crippen molar-refractivity contribution < 1.29 is 13.2 Å². The van der Waals surface area contributed by atoms with E-state index in [1.54, 1.807) is 12.1 Å². The molecule has 2 aromatic rings.